The molecule has 4 saturated heterocycles. The number of thiazole rings is 1. The van der Waals surface area contributed by atoms with E-state index in [9.17, 15) is 22.8 Å². The molecule has 2 unspecified atom stereocenters. The normalized spacial score (nSPS) is 27.2. The Morgan fingerprint density at radius 3 is 2.38 bits per heavy atom. The Kier molecular flexibility index (Phi) is 7.13. The maximum absolute atomic E-state index is 15.5. The zero-order chi connectivity index (χ0) is 31.7. The molecule has 0 radical (unpaired) electrons. The first-order valence-electron chi connectivity index (χ1n) is 14.5. The van der Waals surface area contributed by atoms with Crippen molar-refractivity contribution < 1.29 is 46.1 Å². The molecule has 10 nitrogen and oxygen atoms in total. The predicted molar refractivity (Wildman–Crippen MR) is 156 cm³/mol. The number of methoxy groups -OCH3 is 2. The van der Waals surface area contributed by atoms with E-state index in [4.69, 9.17) is 23.9 Å². The second-order valence-electron chi connectivity index (χ2n) is 12.0. The van der Waals surface area contributed by atoms with Gasteiger partial charge in [0, 0.05) is 12.1 Å². The van der Waals surface area contributed by atoms with Crippen LogP contribution in [0.1, 0.15) is 52.8 Å². The molecular formula is C30H30F4N4O6S. The number of morpholine rings is 1. The van der Waals surface area contributed by atoms with Crippen molar-refractivity contribution in [3.8, 4) is 11.5 Å². The van der Waals surface area contributed by atoms with Crippen LogP contribution in [-0.2, 0) is 9.47 Å². The SMILES string of the molecule is COc1cc(F)c(C(=O)NC23CCC(C(F)(F)F)(CC2)OC3)c(NC(=O)c2c(OC)ccc3nc(N4C5COCC4C5)sc23)c1. The minimum absolute atomic E-state index is 0.00941. The Bertz CT molecular complexity index is 1660. The Morgan fingerprint density at radius 1 is 1.04 bits per heavy atom. The van der Waals surface area contributed by atoms with E-state index < -0.39 is 40.5 Å². The monoisotopic (exact) mass is 650 g/mol. The molecule has 240 valence electrons. The topological polar surface area (TPSA) is 111 Å². The number of amides is 2. The molecule has 5 heterocycles. The molecule has 5 aliphatic rings. The molecule has 15 heteroatoms. The summed E-state index contributed by atoms with van der Waals surface area (Å²) in [6.07, 6.45) is -4.15. The Labute approximate surface area is 259 Å². The minimum Gasteiger partial charge on any atom is -0.497 e. The second kappa shape index (κ2) is 10.7. The summed E-state index contributed by atoms with van der Waals surface area (Å²) in [4.78, 5) is 34.5. The number of nitrogens with one attached hydrogen (secondary N) is 2. The summed E-state index contributed by atoms with van der Waals surface area (Å²) in [6.45, 7) is 0.841. The fraction of sp³-hybridized carbons (Fsp3) is 0.500. The quantitative estimate of drug-likeness (QED) is 0.342. The first kappa shape index (κ1) is 30.0. The zero-order valence-corrected chi connectivity index (χ0v) is 25.2. The average Bonchev–Trinajstić information content (AvgIpc) is 3.43. The maximum atomic E-state index is 15.5. The van der Waals surface area contributed by atoms with Gasteiger partial charge < -0.3 is 34.5 Å². The summed E-state index contributed by atoms with van der Waals surface area (Å²) in [6, 6.07) is 6.11. The number of carbonyl (C=O) groups is 2. The number of anilines is 2. The van der Waals surface area contributed by atoms with E-state index in [0.29, 0.717) is 23.4 Å². The molecule has 3 aromatic rings. The number of fused-ring (bicyclic) bond motifs is 6. The Balaban J connectivity index is 1.19. The van der Waals surface area contributed by atoms with Gasteiger partial charge in [0.2, 0.25) is 0 Å². The maximum Gasteiger partial charge on any atom is 0.417 e. The number of rotatable bonds is 7. The number of nitrogens with zero attached hydrogens (tertiary/aromatic N) is 2. The first-order valence-corrected chi connectivity index (χ1v) is 15.3. The number of ether oxygens (including phenoxy) is 4. The van der Waals surface area contributed by atoms with Gasteiger partial charge in [-0.25, -0.2) is 9.37 Å². The molecule has 2 aromatic carbocycles. The van der Waals surface area contributed by atoms with E-state index in [1.165, 1.54) is 31.6 Å². The highest BCUT2D eigenvalue weighted by molar-refractivity contribution is 7.22. The van der Waals surface area contributed by atoms with Crippen molar-refractivity contribution in [2.24, 2.45) is 0 Å². The standard InChI is InChI=1S/C30H30F4N4O6S/c1-41-17-10-18(31)22(26(40)37-28-5-7-29(8-6-28,44-14-28)30(32,33)34)20(11-17)35-25(39)23-21(42-2)4-3-19-24(23)45-27(36-19)38-15-9-16(38)13-43-12-15/h3-4,10-11,15-16H,5-9,12-14H2,1-2H3,(H,35,39)(H,37,40). The highest BCUT2D eigenvalue weighted by atomic mass is 32.1. The van der Waals surface area contributed by atoms with Crippen LogP contribution < -0.4 is 25.0 Å². The van der Waals surface area contributed by atoms with Crippen LogP contribution in [-0.4, -0.2) is 80.2 Å². The molecule has 1 aromatic heterocycles. The van der Waals surface area contributed by atoms with Crippen molar-refractivity contribution in [2.75, 3.05) is 44.3 Å². The van der Waals surface area contributed by atoms with Crippen molar-refractivity contribution in [1.29, 1.82) is 0 Å². The van der Waals surface area contributed by atoms with E-state index >= 15 is 4.39 Å². The summed E-state index contributed by atoms with van der Waals surface area (Å²) < 4.78 is 78.6. The van der Waals surface area contributed by atoms with Gasteiger partial charge in [-0.3, -0.25) is 9.59 Å². The van der Waals surface area contributed by atoms with Gasteiger partial charge in [0.15, 0.2) is 10.7 Å². The van der Waals surface area contributed by atoms with Gasteiger partial charge in [-0.15, -0.1) is 0 Å². The highest BCUT2D eigenvalue weighted by Gasteiger charge is 2.63. The molecule has 5 fully saturated rings. The molecule has 4 bridgehead atoms. The third-order valence-electron chi connectivity index (χ3n) is 9.44. The van der Waals surface area contributed by atoms with Crippen molar-refractivity contribution in [3.05, 3.63) is 41.2 Å². The number of aromatic nitrogens is 1. The molecule has 2 amide bonds. The molecule has 1 saturated carbocycles. The van der Waals surface area contributed by atoms with Crippen molar-refractivity contribution >= 4 is 44.2 Å². The molecule has 2 N–H and O–H groups in total. The molecular weight excluding hydrogens is 620 g/mol. The summed E-state index contributed by atoms with van der Waals surface area (Å²) in [5.41, 5.74) is -3.27. The third kappa shape index (κ3) is 4.86. The van der Waals surface area contributed by atoms with Crippen LogP contribution >= 0.6 is 11.3 Å². The lowest BCUT2D eigenvalue weighted by Gasteiger charge is -2.53. The molecule has 0 spiro atoms. The van der Waals surface area contributed by atoms with Crippen molar-refractivity contribution in [2.45, 2.75) is 61.5 Å². The van der Waals surface area contributed by atoms with Gasteiger partial charge >= 0.3 is 6.18 Å². The molecule has 8 rings (SSSR count). The highest BCUT2D eigenvalue weighted by Crippen LogP contribution is 2.51. The largest absolute Gasteiger partial charge is 0.497 e. The number of hydrogen-bond acceptors (Lipinski definition) is 9. The van der Waals surface area contributed by atoms with Crippen molar-refractivity contribution in [1.82, 2.24) is 10.3 Å². The lowest BCUT2D eigenvalue weighted by Crippen LogP contribution is -2.66. The number of benzene rings is 2. The van der Waals surface area contributed by atoms with E-state index in [2.05, 4.69) is 15.5 Å². The van der Waals surface area contributed by atoms with Crippen LogP contribution in [0.3, 0.4) is 0 Å². The molecule has 2 atom stereocenters. The van der Waals surface area contributed by atoms with Crippen LogP contribution in [0.15, 0.2) is 24.3 Å². The number of alkyl halides is 3. The fourth-order valence-electron chi connectivity index (χ4n) is 6.85. The van der Waals surface area contributed by atoms with Gasteiger partial charge in [-0.05, 0) is 44.2 Å². The fourth-order valence-corrected chi connectivity index (χ4v) is 8.09. The predicted octanol–water partition coefficient (Wildman–Crippen LogP) is 5.06. The number of halogens is 4. The van der Waals surface area contributed by atoms with E-state index in [1.807, 2.05) is 0 Å². The summed E-state index contributed by atoms with van der Waals surface area (Å²) >= 11 is 1.33. The van der Waals surface area contributed by atoms with Crippen LogP contribution in [0.2, 0.25) is 0 Å². The summed E-state index contributed by atoms with van der Waals surface area (Å²) in [5.74, 6) is -2.25. The van der Waals surface area contributed by atoms with Crippen LogP contribution in [0, 0.1) is 5.82 Å². The molecule has 45 heavy (non-hydrogen) atoms. The first-order chi connectivity index (χ1) is 21.5. The smallest absolute Gasteiger partial charge is 0.417 e. The van der Waals surface area contributed by atoms with E-state index in [-0.39, 0.29) is 67.1 Å². The van der Waals surface area contributed by atoms with Gasteiger partial charge in [0.25, 0.3) is 11.8 Å². The van der Waals surface area contributed by atoms with Gasteiger partial charge in [0.05, 0.1) is 73.1 Å². The summed E-state index contributed by atoms with van der Waals surface area (Å²) in [5, 5.41) is 6.14. The van der Waals surface area contributed by atoms with E-state index in [0.717, 1.165) is 17.6 Å². The van der Waals surface area contributed by atoms with Crippen molar-refractivity contribution in [3.63, 3.8) is 0 Å². The lowest BCUT2D eigenvalue weighted by atomic mass is 9.70. The lowest BCUT2D eigenvalue weighted by molar-refractivity contribution is -0.317. The third-order valence-corrected chi connectivity index (χ3v) is 10.5. The van der Waals surface area contributed by atoms with Gasteiger partial charge in [0.1, 0.15) is 22.9 Å². The Morgan fingerprint density at radius 2 is 1.78 bits per heavy atom. The molecule has 1 aliphatic carbocycles. The Hall–Kier alpha value is -3.69. The van der Waals surface area contributed by atoms with Crippen LogP contribution in [0.25, 0.3) is 10.2 Å². The molecule has 4 aliphatic heterocycles. The zero-order valence-electron chi connectivity index (χ0n) is 24.4. The summed E-state index contributed by atoms with van der Waals surface area (Å²) in [7, 11) is 2.73. The second-order valence-corrected chi connectivity index (χ2v) is 13.0. The van der Waals surface area contributed by atoms with Crippen LogP contribution in [0.4, 0.5) is 28.4 Å². The van der Waals surface area contributed by atoms with E-state index in [1.54, 1.807) is 12.1 Å². The minimum atomic E-state index is -4.53. The van der Waals surface area contributed by atoms with Gasteiger partial charge in [-0.2, -0.15) is 13.2 Å². The number of hydrogen-bond donors (Lipinski definition) is 2. The number of carbonyl (C=O) groups excluding carboxylic acids is 2. The van der Waals surface area contributed by atoms with Crippen LogP contribution in [0.5, 0.6) is 11.5 Å². The average molecular weight is 651 g/mol. The van der Waals surface area contributed by atoms with Gasteiger partial charge in [-0.1, -0.05) is 11.3 Å².